The van der Waals surface area contributed by atoms with E-state index in [1.807, 2.05) is 13.0 Å². The smallest absolute Gasteiger partial charge is 0.423 e. The first-order chi connectivity index (χ1) is 13.6. The Kier molecular flexibility index (Phi) is 4.87. The van der Waals surface area contributed by atoms with Crippen molar-refractivity contribution >= 4 is 30.0 Å². The van der Waals surface area contributed by atoms with E-state index in [1.54, 1.807) is 12.3 Å². The van der Waals surface area contributed by atoms with Crippen LogP contribution in [-0.4, -0.2) is 28.2 Å². The first-order valence-corrected chi connectivity index (χ1v) is 9.22. The number of aryl methyl sites for hydroxylation is 1. The van der Waals surface area contributed by atoms with Gasteiger partial charge in [-0.1, -0.05) is 0 Å². The Balaban J connectivity index is 1.58. The zero-order valence-corrected chi connectivity index (χ0v) is 15.4. The number of fused-ring (bicyclic) bond motifs is 1. The number of hydrogen-bond acceptors (Lipinski definition) is 8. The van der Waals surface area contributed by atoms with Crippen molar-refractivity contribution in [3.8, 4) is 12.1 Å². The van der Waals surface area contributed by atoms with Crippen molar-refractivity contribution < 1.29 is 9.68 Å². The molecule has 28 heavy (non-hydrogen) atoms. The first kappa shape index (κ1) is 18.2. The van der Waals surface area contributed by atoms with Gasteiger partial charge in [0.2, 0.25) is 5.95 Å². The van der Waals surface area contributed by atoms with Crippen molar-refractivity contribution in [3.05, 3.63) is 35.0 Å². The highest BCUT2D eigenvalue weighted by molar-refractivity contribution is 6.62. The number of nitriles is 2. The second-order valence-electron chi connectivity index (χ2n) is 7.14. The molecule has 0 amide bonds. The maximum absolute atomic E-state index is 9.87. The molecule has 9 heteroatoms. The highest BCUT2D eigenvalue weighted by atomic mass is 16.5. The third-order valence-electron chi connectivity index (χ3n) is 5.26. The summed E-state index contributed by atoms with van der Waals surface area (Å²) in [4.78, 5) is 8.88. The summed E-state index contributed by atoms with van der Waals surface area (Å²) in [6.45, 7) is 2.17. The van der Waals surface area contributed by atoms with Gasteiger partial charge < -0.3 is 20.3 Å². The van der Waals surface area contributed by atoms with Crippen LogP contribution < -0.4 is 16.1 Å². The van der Waals surface area contributed by atoms with Gasteiger partial charge in [0.25, 0.3) is 0 Å². The second kappa shape index (κ2) is 7.47. The molecule has 1 aromatic carbocycles. The minimum Gasteiger partial charge on any atom is -0.423 e. The van der Waals surface area contributed by atoms with Crippen LogP contribution in [0.5, 0.6) is 0 Å². The summed E-state index contributed by atoms with van der Waals surface area (Å²) in [5, 5.41) is 35.1. The lowest BCUT2D eigenvalue weighted by Gasteiger charge is -2.18. The van der Waals surface area contributed by atoms with Crippen LogP contribution in [0.4, 0.5) is 17.5 Å². The van der Waals surface area contributed by atoms with Crippen LogP contribution in [0.25, 0.3) is 0 Å². The van der Waals surface area contributed by atoms with Crippen molar-refractivity contribution in [2.24, 2.45) is 5.92 Å². The van der Waals surface area contributed by atoms with Crippen LogP contribution in [-0.2, 0) is 11.3 Å². The van der Waals surface area contributed by atoms with E-state index in [0.717, 1.165) is 30.4 Å². The van der Waals surface area contributed by atoms with Gasteiger partial charge in [-0.25, -0.2) is 4.98 Å². The van der Waals surface area contributed by atoms with Gasteiger partial charge >= 0.3 is 7.12 Å². The van der Waals surface area contributed by atoms with E-state index in [1.165, 1.54) is 0 Å². The van der Waals surface area contributed by atoms with E-state index in [9.17, 15) is 15.5 Å². The van der Waals surface area contributed by atoms with Crippen LogP contribution in [0.2, 0.25) is 0 Å². The lowest BCUT2D eigenvalue weighted by atomic mass is 9.76. The molecule has 0 spiro atoms. The molecule has 1 fully saturated rings. The van der Waals surface area contributed by atoms with E-state index in [0.29, 0.717) is 28.5 Å². The molecule has 1 saturated carbocycles. The average molecular weight is 374 g/mol. The lowest BCUT2D eigenvalue weighted by Crippen LogP contribution is -2.30. The molecule has 1 aromatic heterocycles. The summed E-state index contributed by atoms with van der Waals surface area (Å²) >= 11 is 0. The highest BCUT2D eigenvalue weighted by Crippen LogP contribution is 2.29. The normalized spacial score (nSPS) is 20.4. The van der Waals surface area contributed by atoms with E-state index in [-0.39, 0.29) is 18.6 Å². The van der Waals surface area contributed by atoms with Gasteiger partial charge in [-0.2, -0.15) is 15.5 Å². The number of hydrogen-bond donors (Lipinski definition) is 3. The number of nitrogens with zero attached hydrogens (tertiary/aromatic N) is 4. The standard InChI is InChI=1S/C19H19BN6O2/c1-11-9-23-19(26-18(11)25-16-4-2-3-12(16)7-21)24-15-5-13(8-22)17-14(6-15)10-28-20(17)27/h5-6,9,12,16,27H,2-4,10H2,1H3,(H2,23,24,25,26)/t12-,16+/m1/s1. The van der Waals surface area contributed by atoms with E-state index < -0.39 is 7.12 Å². The summed E-state index contributed by atoms with van der Waals surface area (Å²) in [7, 11) is -1.07. The van der Waals surface area contributed by atoms with Gasteiger partial charge in [0.05, 0.1) is 30.2 Å². The second-order valence-corrected chi connectivity index (χ2v) is 7.14. The molecule has 2 heterocycles. The molecule has 2 aromatic rings. The third kappa shape index (κ3) is 3.38. The number of aromatic nitrogens is 2. The third-order valence-corrected chi connectivity index (χ3v) is 5.26. The van der Waals surface area contributed by atoms with Crippen LogP contribution >= 0.6 is 0 Å². The largest absolute Gasteiger partial charge is 0.493 e. The summed E-state index contributed by atoms with van der Waals surface area (Å²) in [5.41, 5.74) is 3.19. The van der Waals surface area contributed by atoms with Crippen molar-refractivity contribution in [1.82, 2.24) is 9.97 Å². The van der Waals surface area contributed by atoms with Gasteiger partial charge in [-0.15, -0.1) is 0 Å². The molecule has 140 valence electrons. The van der Waals surface area contributed by atoms with Crippen LogP contribution in [0.1, 0.15) is 36.0 Å². The number of nitrogens with one attached hydrogen (secondary N) is 2. The zero-order chi connectivity index (χ0) is 19.7. The molecule has 0 saturated heterocycles. The van der Waals surface area contributed by atoms with Crippen LogP contribution in [0, 0.1) is 35.5 Å². The van der Waals surface area contributed by atoms with Crippen molar-refractivity contribution in [2.45, 2.75) is 38.8 Å². The molecule has 1 aliphatic heterocycles. The molecule has 1 aliphatic carbocycles. The molecular weight excluding hydrogens is 355 g/mol. The first-order valence-electron chi connectivity index (χ1n) is 9.22. The fourth-order valence-electron chi connectivity index (χ4n) is 3.78. The van der Waals surface area contributed by atoms with E-state index in [2.05, 4.69) is 32.7 Å². The minimum absolute atomic E-state index is 0.00732. The van der Waals surface area contributed by atoms with Gasteiger partial charge in [-0.3, -0.25) is 0 Å². The van der Waals surface area contributed by atoms with E-state index in [4.69, 9.17) is 4.65 Å². The fraction of sp³-hybridized carbons (Fsp3) is 0.368. The molecule has 4 rings (SSSR count). The Labute approximate surface area is 163 Å². The van der Waals surface area contributed by atoms with Crippen molar-refractivity contribution in [3.63, 3.8) is 0 Å². The Morgan fingerprint density at radius 2 is 2.18 bits per heavy atom. The molecule has 0 unspecified atom stereocenters. The molecule has 2 aliphatic rings. The molecule has 0 bridgehead atoms. The van der Waals surface area contributed by atoms with Gasteiger partial charge in [0.15, 0.2) is 0 Å². The fourth-order valence-corrected chi connectivity index (χ4v) is 3.78. The monoisotopic (exact) mass is 374 g/mol. The van der Waals surface area contributed by atoms with Crippen molar-refractivity contribution in [1.29, 1.82) is 10.5 Å². The number of benzene rings is 1. The van der Waals surface area contributed by atoms with Gasteiger partial charge in [0, 0.05) is 29.0 Å². The Bertz CT molecular complexity index is 999. The summed E-state index contributed by atoms with van der Waals surface area (Å²) in [6.07, 6.45) is 4.61. The lowest BCUT2D eigenvalue weighted by molar-refractivity contribution is 0.275. The molecule has 0 radical (unpaired) electrons. The predicted molar refractivity (Wildman–Crippen MR) is 104 cm³/mol. The summed E-state index contributed by atoms with van der Waals surface area (Å²) in [5.74, 6) is 1.08. The average Bonchev–Trinajstić information content (AvgIpc) is 3.30. The number of anilines is 3. The summed E-state index contributed by atoms with van der Waals surface area (Å²) in [6, 6.07) is 8.03. The summed E-state index contributed by atoms with van der Waals surface area (Å²) < 4.78 is 5.21. The quantitative estimate of drug-likeness (QED) is 0.691. The zero-order valence-electron chi connectivity index (χ0n) is 15.4. The van der Waals surface area contributed by atoms with Crippen LogP contribution in [0.15, 0.2) is 18.3 Å². The SMILES string of the molecule is Cc1cnc(Nc2cc(C#N)c3c(c2)COB3O)nc1N[C@H]1CCC[C@@H]1C#N. The topological polar surface area (TPSA) is 127 Å². The maximum Gasteiger partial charge on any atom is 0.493 e. The van der Waals surface area contributed by atoms with Crippen LogP contribution in [0.3, 0.4) is 0 Å². The molecule has 2 atom stereocenters. The van der Waals surface area contributed by atoms with Gasteiger partial charge in [-0.05, 0) is 43.9 Å². The minimum atomic E-state index is -1.07. The molecule has 8 nitrogen and oxygen atoms in total. The Morgan fingerprint density at radius 3 is 2.96 bits per heavy atom. The Hall–Kier alpha value is -3.14. The number of rotatable bonds is 4. The Morgan fingerprint density at radius 1 is 1.32 bits per heavy atom. The van der Waals surface area contributed by atoms with E-state index >= 15 is 0 Å². The van der Waals surface area contributed by atoms with Crippen molar-refractivity contribution in [2.75, 3.05) is 10.6 Å². The predicted octanol–water partition coefficient (Wildman–Crippen LogP) is 1.72. The molecular formula is C19H19BN6O2. The van der Waals surface area contributed by atoms with Gasteiger partial charge in [0.1, 0.15) is 5.82 Å². The molecule has 3 N–H and O–H groups in total. The maximum atomic E-state index is 9.87. The highest BCUT2D eigenvalue weighted by Gasteiger charge is 2.31.